The summed E-state index contributed by atoms with van der Waals surface area (Å²) in [5.74, 6) is 0.553. The first-order valence-corrected chi connectivity index (χ1v) is 7.66. The van der Waals surface area contributed by atoms with Crippen molar-refractivity contribution in [1.29, 1.82) is 0 Å². The lowest BCUT2D eigenvalue weighted by atomic mass is 10.1. The van der Waals surface area contributed by atoms with Crippen molar-refractivity contribution in [2.24, 2.45) is 0 Å². The van der Waals surface area contributed by atoms with Crippen LogP contribution in [-0.4, -0.2) is 29.3 Å². The maximum atomic E-state index is 11.9. The molecule has 0 bridgehead atoms. The maximum Gasteiger partial charge on any atom is 0.389 e. The molecule has 0 aliphatic carbocycles. The van der Waals surface area contributed by atoms with Gasteiger partial charge in [0.05, 0.1) is 11.4 Å². The molecule has 1 atom stereocenters. The van der Waals surface area contributed by atoms with E-state index in [2.05, 4.69) is 0 Å². The van der Waals surface area contributed by atoms with Gasteiger partial charge in [-0.1, -0.05) is 12.8 Å². The Labute approximate surface area is 117 Å². The molecule has 0 N–H and O–H groups in total. The van der Waals surface area contributed by atoms with Crippen LogP contribution in [0.15, 0.2) is 0 Å². The van der Waals surface area contributed by atoms with E-state index in [0.717, 1.165) is 18.6 Å². The number of hydrogen-bond acceptors (Lipinski definition) is 3. The van der Waals surface area contributed by atoms with Gasteiger partial charge in [-0.05, 0) is 39.4 Å². The van der Waals surface area contributed by atoms with Gasteiger partial charge in [-0.2, -0.15) is 13.2 Å². The molecule has 0 aromatic rings. The van der Waals surface area contributed by atoms with E-state index < -0.39 is 12.6 Å². The molecule has 19 heavy (non-hydrogen) atoms. The van der Waals surface area contributed by atoms with E-state index in [1.807, 2.05) is 0 Å². The number of alkyl halides is 3. The standard InChI is InChI=1S/C13H23F3O2S/c1-10(2)18-12(17)11(3)19-9-7-5-4-6-8-13(14,15)16/h10-11H,4-9H2,1-3H3. The van der Waals surface area contributed by atoms with Crippen LogP contribution in [0, 0.1) is 0 Å². The van der Waals surface area contributed by atoms with E-state index in [4.69, 9.17) is 4.74 Å². The Balaban J connectivity index is 3.46. The average Bonchev–Trinajstić information content (AvgIpc) is 2.24. The molecule has 0 spiro atoms. The third kappa shape index (κ3) is 12.4. The topological polar surface area (TPSA) is 26.3 Å². The Morgan fingerprint density at radius 2 is 1.68 bits per heavy atom. The lowest BCUT2D eigenvalue weighted by Gasteiger charge is -2.13. The van der Waals surface area contributed by atoms with Crippen molar-refractivity contribution in [3.05, 3.63) is 0 Å². The highest BCUT2D eigenvalue weighted by atomic mass is 32.2. The van der Waals surface area contributed by atoms with E-state index in [0.29, 0.717) is 6.42 Å². The molecule has 0 aromatic heterocycles. The number of carbonyl (C=O) groups is 1. The van der Waals surface area contributed by atoms with Gasteiger partial charge in [0, 0.05) is 6.42 Å². The molecule has 0 fully saturated rings. The van der Waals surface area contributed by atoms with Gasteiger partial charge in [0.15, 0.2) is 0 Å². The minimum absolute atomic E-state index is 0.113. The molecule has 1 unspecified atom stereocenters. The minimum Gasteiger partial charge on any atom is -0.462 e. The molecular formula is C13H23F3O2S. The van der Waals surface area contributed by atoms with E-state index in [9.17, 15) is 18.0 Å². The highest BCUT2D eigenvalue weighted by Gasteiger charge is 2.25. The van der Waals surface area contributed by atoms with Gasteiger partial charge < -0.3 is 4.74 Å². The highest BCUT2D eigenvalue weighted by Crippen LogP contribution is 2.23. The number of thioether (sulfide) groups is 1. The van der Waals surface area contributed by atoms with E-state index in [1.165, 1.54) is 11.8 Å². The number of unbranched alkanes of at least 4 members (excludes halogenated alkanes) is 3. The monoisotopic (exact) mass is 300 g/mol. The van der Waals surface area contributed by atoms with Gasteiger partial charge in [-0.25, -0.2) is 0 Å². The lowest BCUT2D eigenvalue weighted by Crippen LogP contribution is -2.21. The van der Waals surface area contributed by atoms with E-state index in [1.54, 1.807) is 20.8 Å². The van der Waals surface area contributed by atoms with Crippen molar-refractivity contribution in [2.75, 3.05) is 5.75 Å². The fraction of sp³-hybridized carbons (Fsp3) is 0.923. The summed E-state index contributed by atoms with van der Waals surface area (Å²) in [6, 6.07) is 0. The highest BCUT2D eigenvalue weighted by molar-refractivity contribution is 8.00. The summed E-state index contributed by atoms with van der Waals surface area (Å²) in [4.78, 5) is 11.5. The Morgan fingerprint density at radius 1 is 1.11 bits per heavy atom. The number of esters is 1. The Hall–Kier alpha value is -0.390. The molecule has 0 saturated carbocycles. The number of ether oxygens (including phenoxy) is 1. The molecule has 0 saturated heterocycles. The van der Waals surface area contributed by atoms with E-state index >= 15 is 0 Å². The van der Waals surface area contributed by atoms with Gasteiger partial charge >= 0.3 is 12.1 Å². The zero-order chi connectivity index (χ0) is 14.9. The number of hydrogen-bond donors (Lipinski definition) is 0. The molecule has 0 aromatic carbocycles. The van der Waals surface area contributed by atoms with Crippen LogP contribution < -0.4 is 0 Å². The van der Waals surface area contributed by atoms with Gasteiger partial charge in [0.2, 0.25) is 0 Å². The maximum absolute atomic E-state index is 11.9. The molecule has 0 amide bonds. The van der Waals surface area contributed by atoms with E-state index in [-0.39, 0.29) is 23.7 Å². The van der Waals surface area contributed by atoms with Crippen molar-refractivity contribution in [3.8, 4) is 0 Å². The number of rotatable bonds is 9. The molecule has 0 heterocycles. The number of halogens is 3. The van der Waals surface area contributed by atoms with Gasteiger partial charge in [0.25, 0.3) is 0 Å². The zero-order valence-electron chi connectivity index (χ0n) is 11.8. The second-order valence-electron chi connectivity index (χ2n) is 4.78. The quantitative estimate of drug-likeness (QED) is 0.461. The Bertz CT molecular complexity index is 255. The molecule has 6 heteroatoms. The summed E-state index contributed by atoms with van der Waals surface area (Å²) in [6.45, 7) is 5.39. The second-order valence-corrected chi connectivity index (χ2v) is 6.23. The van der Waals surface area contributed by atoms with Crippen LogP contribution in [0.5, 0.6) is 0 Å². The fourth-order valence-corrected chi connectivity index (χ4v) is 2.35. The molecular weight excluding hydrogens is 277 g/mol. The number of carbonyl (C=O) groups excluding carboxylic acids is 1. The summed E-state index contributed by atoms with van der Waals surface area (Å²) in [6.07, 6.45) is -2.46. The van der Waals surface area contributed by atoms with Crippen molar-refractivity contribution in [2.45, 2.75) is 70.4 Å². The normalized spacial score (nSPS) is 13.6. The smallest absolute Gasteiger partial charge is 0.389 e. The largest absolute Gasteiger partial charge is 0.462 e. The third-order valence-electron chi connectivity index (χ3n) is 2.41. The summed E-state index contributed by atoms with van der Waals surface area (Å²) in [7, 11) is 0. The molecule has 0 aliphatic rings. The minimum atomic E-state index is -4.04. The first kappa shape index (κ1) is 18.6. The summed E-state index contributed by atoms with van der Waals surface area (Å²) in [5, 5.41) is -0.211. The van der Waals surface area contributed by atoms with Crippen LogP contribution in [0.3, 0.4) is 0 Å². The van der Waals surface area contributed by atoms with Crippen molar-refractivity contribution < 1.29 is 22.7 Å². The van der Waals surface area contributed by atoms with Crippen LogP contribution >= 0.6 is 11.8 Å². The third-order valence-corrected chi connectivity index (χ3v) is 3.62. The predicted octanol–water partition coefficient (Wildman–Crippen LogP) is 4.57. The van der Waals surface area contributed by atoms with Gasteiger partial charge in [-0.15, -0.1) is 11.8 Å². The van der Waals surface area contributed by atoms with Gasteiger partial charge in [-0.3, -0.25) is 4.79 Å². The summed E-state index contributed by atoms with van der Waals surface area (Å²) >= 11 is 1.49. The predicted molar refractivity (Wildman–Crippen MR) is 72.3 cm³/mol. The first-order valence-electron chi connectivity index (χ1n) is 6.61. The molecule has 0 rings (SSSR count). The van der Waals surface area contributed by atoms with Crippen LogP contribution in [0.2, 0.25) is 0 Å². The molecule has 2 nitrogen and oxygen atoms in total. The zero-order valence-corrected chi connectivity index (χ0v) is 12.6. The van der Waals surface area contributed by atoms with Gasteiger partial charge in [0.1, 0.15) is 0 Å². The Morgan fingerprint density at radius 3 is 2.21 bits per heavy atom. The second kappa shape index (κ2) is 9.50. The van der Waals surface area contributed by atoms with Crippen LogP contribution in [0.25, 0.3) is 0 Å². The van der Waals surface area contributed by atoms with Crippen LogP contribution in [-0.2, 0) is 9.53 Å². The van der Waals surface area contributed by atoms with Crippen molar-refractivity contribution in [3.63, 3.8) is 0 Å². The van der Waals surface area contributed by atoms with Crippen molar-refractivity contribution >= 4 is 17.7 Å². The van der Waals surface area contributed by atoms with Crippen LogP contribution in [0.1, 0.15) is 52.9 Å². The van der Waals surface area contributed by atoms with Crippen LogP contribution in [0.4, 0.5) is 13.2 Å². The molecule has 0 radical (unpaired) electrons. The summed E-state index contributed by atoms with van der Waals surface area (Å²) in [5.41, 5.74) is 0. The summed E-state index contributed by atoms with van der Waals surface area (Å²) < 4.78 is 40.7. The molecule has 114 valence electrons. The SMILES string of the molecule is CC(C)OC(=O)C(C)SCCCCCCC(F)(F)F. The fourth-order valence-electron chi connectivity index (χ4n) is 1.44. The Kier molecular flexibility index (Phi) is 9.31. The average molecular weight is 300 g/mol. The first-order chi connectivity index (χ1) is 8.72. The lowest BCUT2D eigenvalue weighted by molar-refractivity contribution is -0.146. The molecule has 0 aliphatic heterocycles. The van der Waals surface area contributed by atoms with Crippen molar-refractivity contribution in [1.82, 2.24) is 0 Å².